The van der Waals surface area contributed by atoms with Gasteiger partial charge in [-0.1, -0.05) is 37.3 Å². The second-order valence-electron chi connectivity index (χ2n) is 2.38. The molecule has 0 heterocycles. The molecule has 0 atom stereocenters. The fraction of sp³-hybridized carbons (Fsp3) is 0.400. The topological polar surface area (TPSA) is 0 Å². The Balaban J connectivity index is 4.19. The largest absolute Gasteiger partial charge is 0.0991 e. The molecule has 0 amide bonds. The van der Waals surface area contributed by atoms with Crippen LogP contribution in [0.2, 0.25) is 0 Å². The fourth-order valence-electron chi connectivity index (χ4n) is 0.775. The van der Waals surface area contributed by atoms with Gasteiger partial charge >= 0.3 is 0 Å². The van der Waals surface area contributed by atoms with Crippen LogP contribution in [0.5, 0.6) is 0 Å². The fourth-order valence-corrected chi connectivity index (χ4v) is 0.775. The molecule has 0 aliphatic rings. The van der Waals surface area contributed by atoms with Crippen molar-refractivity contribution in [1.82, 2.24) is 0 Å². The summed E-state index contributed by atoms with van der Waals surface area (Å²) in [6, 6.07) is 0. The van der Waals surface area contributed by atoms with E-state index in [1.165, 1.54) is 11.1 Å². The van der Waals surface area contributed by atoms with E-state index < -0.39 is 0 Å². The van der Waals surface area contributed by atoms with E-state index >= 15 is 0 Å². The van der Waals surface area contributed by atoms with Crippen molar-refractivity contribution in [2.24, 2.45) is 0 Å². The smallest absolute Gasteiger partial charge is 0.0373 e. The molecule has 0 unspecified atom stereocenters. The SMILES string of the molecule is C=CC=C(C)C(C)=CCC. The Morgan fingerprint density at radius 2 is 1.90 bits per heavy atom. The molecule has 0 aromatic carbocycles. The predicted molar refractivity (Wildman–Crippen MR) is 48.0 cm³/mol. The van der Waals surface area contributed by atoms with E-state index in [4.69, 9.17) is 0 Å². The van der Waals surface area contributed by atoms with Crippen LogP contribution in [0.15, 0.2) is 36.0 Å². The minimum atomic E-state index is 1.11. The lowest BCUT2D eigenvalue weighted by Crippen LogP contribution is -1.77. The highest BCUT2D eigenvalue weighted by atomic mass is 13.9. The maximum absolute atomic E-state index is 3.64. The zero-order valence-corrected chi connectivity index (χ0v) is 7.15. The van der Waals surface area contributed by atoms with Crippen molar-refractivity contribution in [3.8, 4) is 0 Å². The summed E-state index contributed by atoms with van der Waals surface area (Å²) >= 11 is 0. The molecule has 0 saturated carbocycles. The Labute approximate surface area is 64.0 Å². The third-order valence-electron chi connectivity index (χ3n) is 1.50. The molecule has 0 aromatic rings. The van der Waals surface area contributed by atoms with Crippen molar-refractivity contribution in [3.05, 3.63) is 36.0 Å². The molecule has 0 nitrogen and oxygen atoms in total. The van der Waals surface area contributed by atoms with E-state index in [0.29, 0.717) is 0 Å². The van der Waals surface area contributed by atoms with E-state index in [2.05, 4.69) is 33.4 Å². The standard InChI is InChI=1S/C10H16/c1-5-7-9(3)10(4)8-6-2/h5,7-8H,1,6H2,2-4H3. The highest BCUT2D eigenvalue weighted by Crippen LogP contribution is 2.08. The monoisotopic (exact) mass is 136 g/mol. The number of allylic oxidation sites excluding steroid dienone is 5. The summed E-state index contributed by atoms with van der Waals surface area (Å²) in [4.78, 5) is 0. The maximum atomic E-state index is 3.64. The summed E-state index contributed by atoms with van der Waals surface area (Å²) in [5, 5.41) is 0. The minimum absolute atomic E-state index is 1.11. The van der Waals surface area contributed by atoms with Crippen LogP contribution in [-0.2, 0) is 0 Å². The first-order valence-electron chi connectivity index (χ1n) is 3.68. The third-order valence-corrected chi connectivity index (χ3v) is 1.50. The van der Waals surface area contributed by atoms with Crippen molar-refractivity contribution in [3.63, 3.8) is 0 Å². The molecule has 0 bridgehead atoms. The molecule has 0 heteroatoms. The highest BCUT2D eigenvalue weighted by Gasteiger charge is 1.87. The second kappa shape index (κ2) is 5.04. The molecule has 0 aromatic heterocycles. The molecule has 0 N–H and O–H groups in total. The Hall–Kier alpha value is -0.780. The molecule has 0 rings (SSSR count). The van der Waals surface area contributed by atoms with Gasteiger partial charge < -0.3 is 0 Å². The van der Waals surface area contributed by atoms with E-state index in [1.54, 1.807) is 0 Å². The predicted octanol–water partition coefficient (Wildman–Crippen LogP) is 3.48. The Morgan fingerprint density at radius 1 is 1.30 bits per heavy atom. The first-order valence-corrected chi connectivity index (χ1v) is 3.68. The van der Waals surface area contributed by atoms with Crippen molar-refractivity contribution >= 4 is 0 Å². The van der Waals surface area contributed by atoms with Crippen molar-refractivity contribution in [2.45, 2.75) is 27.2 Å². The van der Waals surface area contributed by atoms with Crippen LogP contribution >= 0.6 is 0 Å². The zero-order chi connectivity index (χ0) is 7.98. The lowest BCUT2D eigenvalue weighted by atomic mass is 10.1. The molecule has 0 aliphatic heterocycles. The molecule has 10 heavy (non-hydrogen) atoms. The van der Waals surface area contributed by atoms with E-state index in [9.17, 15) is 0 Å². The van der Waals surface area contributed by atoms with Gasteiger partial charge in [0, 0.05) is 0 Å². The average molecular weight is 136 g/mol. The summed E-state index contributed by atoms with van der Waals surface area (Å²) in [5.41, 5.74) is 2.65. The van der Waals surface area contributed by atoms with Crippen LogP contribution in [0.25, 0.3) is 0 Å². The minimum Gasteiger partial charge on any atom is -0.0991 e. The number of hydrogen-bond acceptors (Lipinski definition) is 0. The molecular weight excluding hydrogens is 120 g/mol. The molecule has 0 radical (unpaired) electrons. The van der Waals surface area contributed by atoms with Gasteiger partial charge in [-0.3, -0.25) is 0 Å². The van der Waals surface area contributed by atoms with Gasteiger partial charge in [0.05, 0.1) is 0 Å². The van der Waals surface area contributed by atoms with Gasteiger partial charge in [-0.15, -0.1) is 0 Å². The molecular formula is C10H16. The van der Waals surface area contributed by atoms with Crippen LogP contribution < -0.4 is 0 Å². The molecule has 0 saturated heterocycles. The molecule has 56 valence electrons. The zero-order valence-electron chi connectivity index (χ0n) is 7.15. The lowest BCUT2D eigenvalue weighted by Gasteiger charge is -1.97. The Bertz CT molecular complexity index is 159. The van der Waals surface area contributed by atoms with Crippen molar-refractivity contribution in [1.29, 1.82) is 0 Å². The van der Waals surface area contributed by atoms with E-state index in [0.717, 1.165) is 6.42 Å². The summed E-state index contributed by atoms with van der Waals surface area (Å²) in [6.07, 6.45) is 7.17. The second-order valence-corrected chi connectivity index (χ2v) is 2.38. The van der Waals surface area contributed by atoms with Crippen LogP contribution in [0.4, 0.5) is 0 Å². The quantitative estimate of drug-likeness (QED) is 0.521. The first kappa shape index (κ1) is 9.22. The Kier molecular flexibility index (Phi) is 4.65. The van der Waals surface area contributed by atoms with Gasteiger partial charge in [0.2, 0.25) is 0 Å². The lowest BCUT2D eigenvalue weighted by molar-refractivity contribution is 1.17. The summed E-state index contributed by atoms with van der Waals surface area (Å²) in [7, 11) is 0. The van der Waals surface area contributed by atoms with Crippen molar-refractivity contribution in [2.75, 3.05) is 0 Å². The number of hydrogen-bond donors (Lipinski definition) is 0. The van der Waals surface area contributed by atoms with Crippen molar-refractivity contribution < 1.29 is 0 Å². The summed E-state index contributed by atoms with van der Waals surface area (Å²) < 4.78 is 0. The Morgan fingerprint density at radius 3 is 2.30 bits per heavy atom. The first-order chi connectivity index (χ1) is 4.72. The van der Waals surface area contributed by atoms with Crippen LogP contribution in [0.3, 0.4) is 0 Å². The average Bonchev–Trinajstić information content (AvgIpc) is 1.89. The van der Waals surface area contributed by atoms with Gasteiger partial charge in [0.15, 0.2) is 0 Å². The molecule has 0 spiro atoms. The maximum Gasteiger partial charge on any atom is -0.0373 e. The number of rotatable bonds is 3. The van der Waals surface area contributed by atoms with Gasteiger partial charge in [0.25, 0.3) is 0 Å². The normalized spacial score (nSPS) is 13.5. The van der Waals surface area contributed by atoms with Crippen LogP contribution in [-0.4, -0.2) is 0 Å². The van der Waals surface area contributed by atoms with E-state index in [1.807, 2.05) is 12.2 Å². The highest BCUT2D eigenvalue weighted by molar-refractivity contribution is 5.29. The van der Waals surface area contributed by atoms with E-state index in [-0.39, 0.29) is 0 Å². The van der Waals surface area contributed by atoms with Crippen LogP contribution in [0, 0.1) is 0 Å². The summed E-state index contributed by atoms with van der Waals surface area (Å²) in [6.45, 7) is 10.0. The van der Waals surface area contributed by atoms with Crippen LogP contribution in [0.1, 0.15) is 27.2 Å². The summed E-state index contributed by atoms with van der Waals surface area (Å²) in [5.74, 6) is 0. The van der Waals surface area contributed by atoms with Gasteiger partial charge in [0.1, 0.15) is 0 Å². The molecule has 0 fully saturated rings. The van der Waals surface area contributed by atoms with Gasteiger partial charge in [-0.2, -0.15) is 0 Å². The van der Waals surface area contributed by atoms with Gasteiger partial charge in [-0.25, -0.2) is 0 Å². The molecule has 0 aliphatic carbocycles. The van der Waals surface area contributed by atoms with Gasteiger partial charge in [-0.05, 0) is 25.8 Å². The third kappa shape index (κ3) is 3.29.